The van der Waals surface area contributed by atoms with E-state index in [1.54, 1.807) is 14.2 Å². The van der Waals surface area contributed by atoms with E-state index in [1.165, 1.54) is 49.6 Å². The van der Waals surface area contributed by atoms with Crippen molar-refractivity contribution in [3.63, 3.8) is 0 Å². The van der Waals surface area contributed by atoms with E-state index in [0.717, 1.165) is 27.9 Å². The molecule has 6 nitrogen and oxygen atoms in total. The predicted octanol–water partition coefficient (Wildman–Crippen LogP) is 4.99. The average molecular weight is 432 g/mol. The molecule has 164 valence electrons. The predicted molar refractivity (Wildman–Crippen MR) is 121 cm³/mol. The Morgan fingerprint density at radius 3 is 2.63 bits per heavy atom. The maximum Gasteiger partial charge on any atom is 0.230 e. The van der Waals surface area contributed by atoms with Crippen molar-refractivity contribution in [2.45, 2.75) is 70.1 Å². The van der Waals surface area contributed by atoms with Crippen molar-refractivity contribution in [1.82, 2.24) is 14.9 Å². The van der Waals surface area contributed by atoms with Crippen LogP contribution in [0, 0.1) is 13.8 Å². The van der Waals surface area contributed by atoms with E-state index in [0.29, 0.717) is 11.8 Å². The molecule has 0 saturated heterocycles. The van der Waals surface area contributed by atoms with Crippen LogP contribution < -0.4 is 14.8 Å². The summed E-state index contributed by atoms with van der Waals surface area (Å²) in [6, 6.07) is 5.93. The lowest BCUT2D eigenvalue weighted by Crippen LogP contribution is -2.28. The van der Waals surface area contributed by atoms with Crippen LogP contribution in [-0.4, -0.2) is 35.4 Å². The number of aryl methyl sites for hydroxylation is 1. The number of carbonyl (C=O) groups is 1. The number of amides is 1. The van der Waals surface area contributed by atoms with Gasteiger partial charge in [-0.05, 0) is 51.8 Å². The molecule has 7 heteroatoms. The second kappa shape index (κ2) is 10.2. The summed E-state index contributed by atoms with van der Waals surface area (Å²) in [6.07, 6.45) is 6.25. The number of aromatic nitrogens is 2. The molecule has 1 N–H and O–H groups in total. The molecular formula is C23H33N3O3S. The summed E-state index contributed by atoms with van der Waals surface area (Å²) in [5.74, 6) is 1.78. The Morgan fingerprint density at radius 2 is 1.97 bits per heavy atom. The average Bonchev–Trinajstić information content (AvgIpc) is 3.05. The van der Waals surface area contributed by atoms with Crippen LogP contribution in [0.1, 0.15) is 68.1 Å². The van der Waals surface area contributed by atoms with Crippen LogP contribution >= 0.6 is 11.8 Å². The summed E-state index contributed by atoms with van der Waals surface area (Å²) in [4.78, 5) is 17.4. The fourth-order valence-electron chi connectivity index (χ4n) is 4.14. The molecular weight excluding hydrogens is 398 g/mol. The largest absolute Gasteiger partial charge is 0.497 e. The minimum absolute atomic E-state index is 0.0223. The van der Waals surface area contributed by atoms with Crippen LogP contribution in [0.4, 0.5) is 0 Å². The number of ether oxygens (including phenoxy) is 2. The maximum atomic E-state index is 12.7. The third kappa shape index (κ3) is 5.12. The van der Waals surface area contributed by atoms with Crippen molar-refractivity contribution >= 4 is 17.7 Å². The van der Waals surface area contributed by atoms with Gasteiger partial charge in [-0.25, -0.2) is 4.98 Å². The monoisotopic (exact) mass is 431 g/mol. The van der Waals surface area contributed by atoms with Crippen molar-refractivity contribution < 1.29 is 14.3 Å². The van der Waals surface area contributed by atoms with Gasteiger partial charge >= 0.3 is 0 Å². The SMILES string of the molecule is COc1ccc(OC)c(C(C)NC(=O)CSc2nc(C)c(C)n2C2CCCCC2)c1. The summed E-state index contributed by atoms with van der Waals surface area (Å²) in [5, 5.41) is 4.04. The molecule has 1 aromatic carbocycles. The van der Waals surface area contributed by atoms with E-state index in [-0.39, 0.29) is 11.9 Å². The highest BCUT2D eigenvalue weighted by molar-refractivity contribution is 7.99. The van der Waals surface area contributed by atoms with Gasteiger partial charge < -0.3 is 19.4 Å². The van der Waals surface area contributed by atoms with E-state index in [2.05, 4.69) is 23.7 Å². The maximum absolute atomic E-state index is 12.7. The van der Waals surface area contributed by atoms with Gasteiger partial charge in [-0.2, -0.15) is 0 Å². The molecule has 1 amide bonds. The highest BCUT2D eigenvalue weighted by atomic mass is 32.2. The number of benzene rings is 1. The van der Waals surface area contributed by atoms with Gasteiger partial charge in [-0.1, -0.05) is 31.0 Å². The van der Waals surface area contributed by atoms with Crippen LogP contribution in [-0.2, 0) is 4.79 Å². The van der Waals surface area contributed by atoms with E-state index in [1.807, 2.05) is 25.1 Å². The molecule has 1 unspecified atom stereocenters. The number of methoxy groups -OCH3 is 2. The standard InChI is InChI=1S/C23H33N3O3S/c1-15-17(3)26(18-9-7-6-8-10-18)23(25-15)30-14-22(27)24-16(2)20-13-19(28-4)11-12-21(20)29-5/h11-13,16,18H,6-10,14H2,1-5H3,(H,24,27). The summed E-state index contributed by atoms with van der Waals surface area (Å²) in [7, 11) is 3.26. The lowest BCUT2D eigenvalue weighted by Gasteiger charge is -2.26. The number of hydrogen-bond acceptors (Lipinski definition) is 5. The molecule has 1 fully saturated rings. The minimum Gasteiger partial charge on any atom is -0.497 e. The van der Waals surface area contributed by atoms with Crippen LogP contribution in [0.25, 0.3) is 0 Å². The van der Waals surface area contributed by atoms with Crippen molar-refractivity contribution in [1.29, 1.82) is 0 Å². The molecule has 0 aliphatic heterocycles. The van der Waals surface area contributed by atoms with Crippen LogP contribution in [0.3, 0.4) is 0 Å². The Balaban J connectivity index is 1.66. The summed E-state index contributed by atoms with van der Waals surface area (Å²) in [5.41, 5.74) is 3.17. The summed E-state index contributed by atoms with van der Waals surface area (Å²) in [6.45, 7) is 6.14. The van der Waals surface area contributed by atoms with Crippen molar-refractivity contribution in [2.24, 2.45) is 0 Å². The molecule has 1 saturated carbocycles. The van der Waals surface area contributed by atoms with Crippen molar-refractivity contribution in [3.8, 4) is 11.5 Å². The lowest BCUT2D eigenvalue weighted by molar-refractivity contribution is -0.119. The first-order valence-electron chi connectivity index (χ1n) is 10.6. The molecule has 3 rings (SSSR count). The van der Waals surface area contributed by atoms with Gasteiger partial charge in [-0.15, -0.1) is 0 Å². The van der Waals surface area contributed by atoms with E-state index in [4.69, 9.17) is 14.5 Å². The molecule has 1 heterocycles. The Bertz CT molecular complexity index is 875. The zero-order valence-corrected chi connectivity index (χ0v) is 19.5. The highest BCUT2D eigenvalue weighted by Gasteiger charge is 2.23. The first-order chi connectivity index (χ1) is 14.4. The number of rotatable bonds is 8. The fourth-order valence-corrected chi connectivity index (χ4v) is 5.11. The lowest BCUT2D eigenvalue weighted by atomic mass is 9.95. The van der Waals surface area contributed by atoms with Gasteiger partial charge in [0.2, 0.25) is 5.91 Å². The number of nitrogens with zero attached hydrogens (tertiary/aromatic N) is 2. The second-order valence-electron chi connectivity index (χ2n) is 7.91. The van der Waals surface area contributed by atoms with E-state index < -0.39 is 0 Å². The van der Waals surface area contributed by atoms with E-state index >= 15 is 0 Å². The van der Waals surface area contributed by atoms with Gasteiger partial charge in [0.15, 0.2) is 5.16 Å². The second-order valence-corrected chi connectivity index (χ2v) is 8.86. The smallest absolute Gasteiger partial charge is 0.230 e. The quantitative estimate of drug-likeness (QED) is 0.597. The topological polar surface area (TPSA) is 65.4 Å². The highest BCUT2D eigenvalue weighted by Crippen LogP contribution is 2.34. The minimum atomic E-state index is -0.190. The molecule has 30 heavy (non-hydrogen) atoms. The van der Waals surface area contributed by atoms with Gasteiger partial charge in [-0.3, -0.25) is 4.79 Å². The molecule has 0 spiro atoms. The van der Waals surface area contributed by atoms with Gasteiger partial charge in [0, 0.05) is 17.3 Å². The molecule has 1 atom stereocenters. The zero-order chi connectivity index (χ0) is 21.7. The number of carbonyl (C=O) groups excluding carboxylic acids is 1. The van der Waals surface area contributed by atoms with Crippen molar-refractivity contribution in [2.75, 3.05) is 20.0 Å². The molecule has 1 aromatic heterocycles. The fraction of sp³-hybridized carbons (Fsp3) is 0.565. The molecule has 1 aliphatic rings. The number of imidazole rings is 1. The summed E-state index contributed by atoms with van der Waals surface area (Å²) < 4.78 is 13.1. The Labute approximate surface area is 183 Å². The van der Waals surface area contributed by atoms with Gasteiger partial charge in [0.05, 0.1) is 31.7 Å². The van der Waals surface area contributed by atoms with Gasteiger partial charge in [0.25, 0.3) is 0 Å². The van der Waals surface area contributed by atoms with Crippen molar-refractivity contribution in [3.05, 3.63) is 35.2 Å². The van der Waals surface area contributed by atoms with E-state index in [9.17, 15) is 4.79 Å². The van der Waals surface area contributed by atoms with Gasteiger partial charge in [0.1, 0.15) is 11.5 Å². The number of thioether (sulfide) groups is 1. The first kappa shape index (κ1) is 22.5. The number of nitrogens with one attached hydrogen (secondary N) is 1. The molecule has 1 aliphatic carbocycles. The normalized spacial score (nSPS) is 15.6. The zero-order valence-electron chi connectivity index (χ0n) is 18.7. The molecule has 2 aromatic rings. The third-order valence-corrected chi connectivity index (χ3v) is 6.86. The van der Waals surface area contributed by atoms with Crippen LogP contribution in [0.2, 0.25) is 0 Å². The Morgan fingerprint density at radius 1 is 1.23 bits per heavy atom. The number of hydrogen-bond donors (Lipinski definition) is 1. The molecule has 0 radical (unpaired) electrons. The first-order valence-corrected chi connectivity index (χ1v) is 11.6. The third-order valence-electron chi connectivity index (χ3n) is 5.91. The molecule has 0 bridgehead atoms. The Kier molecular flexibility index (Phi) is 7.69. The van der Waals surface area contributed by atoms with Crippen LogP contribution in [0.5, 0.6) is 11.5 Å². The summed E-state index contributed by atoms with van der Waals surface area (Å²) >= 11 is 1.52. The van der Waals surface area contributed by atoms with Crippen LogP contribution in [0.15, 0.2) is 23.4 Å². The Hall–Kier alpha value is -2.15.